The summed E-state index contributed by atoms with van der Waals surface area (Å²) in [5.74, 6) is 0.340. The lowest BCUT2D eigenvalue weighted by Crippen LogP contribution is -2.41. The molecular formula is C26H33ClN4O4S2. The van der Waals surface area contributed by atoms with E-state index in [1.54, 1.807) is 40.6 Å². The molecule has 200 valence electrons. The highest BCUT2D eigenvalue weighted by atomic mass is 35.5. The van der Waals surface area contributed by atoms with Gasteiger partial charge in [0.2, 0.25) is 10.0 Å². The van der Waals surface area contributed by atoms with Crippen LogP contribution in [0.3, 0.4) is 0 Å². The van der Waals surface area contributed by atoms with Crippen molar-refractivity contribution in [3.63, 3.8) is 0 Å². The van der Waals surface area contributed by atoms with E-state index in [1.165, 1.54) is 23.5 Å². The minimum atomic E-state index is -3.62. The third-order valence-corrected chi connectivity index (χ3v) is 10.1. The van der Waals surface area contributed by atoms with Crippen LogP contribution in [0.5, 0.6) is 5.75 Å². The number of sulfonamides is 1. The van der Waals surface area contributed by atoms with Crippen molar-refractivity contribution in [2.75, 3.05) is 45.7 Å². The first-order chi connectivity index (χ1) is 17.6. The summed E-state index contributed by atoms with van der Waals surface area (Å²) in [5, 5.41) is 1.06. The Morgan fingerprint density at radius 1 is 1.16 bits per heavy atom. The topological polar surface area (TPSA) is 83.0 Å². The van der Waals surface area contributed by atoms with Gasteiger partial charge in [0.15, 0.2) is 5.13 Å². The number of halogens is 1. The monoisotopic (exact) mass is 564 g/mol. The van der Waals surface area contributed by atoms with Gasteiger partial charge in [0.1, 0.15) is 11.3 Å². The maximum absolute atomic E-state index is 13.7. The molecule has 1 aliphatic rings. The van der Waals surface area contributed by atoms with Crippen LogP contribution in [0, 0.1) is 0 Å². The molecule has 37 heavy (non-hydrogen) atoms. The molecule has 0 radical (unpaired) electrons. The minimum absolute atomic E-state index is 0.0323. The standard InChI is InChI=1S/C26H33ClN4O4S2/c1-18-8-5-6-17-31(18)37(33,34)20-11-9-19(10-12-20)25(32)30(16-7-15-29(2)3)26-28-23-22(35-4)14-13-21(27)24(23)36-26/h9-14,18H,5-8,15-17H2,1-4H3. The lowest BCUT2D eigenvalue weighted by molar-refractivity contribution is 0.0986. The van der Waals surface area contributed by atoms with E-state index in [1.807, 2.05) is 21.0 Å². The summed E-state index contributed by atoms with van der Waals surface area (Å²) in [5.41, 5.74) is 1.00. The highest BCUT2D eigenvalue weighted by molar-refractivity contribution is 7.89. The normalized spacial score (nSPS) is 16.9. The first-order valence-electron chi connectivity index (χ1n) is 12.3. The molecule has 8 nitrogen and oxygen atoms in total. The van der Waals surface area contributed by atoms with E-state index in [-0.39, 0.29) is 16.8 Å². The maximum atomic E-state index is 13.7. The van der Waals surface area contributed by atoms with Crippen LogP contribution in [0.2, 0.25) is 5.02 Å². The second-order valence-electron chi connectivity index (χ2n) is 9.52. The van der Waals surface area contributed by atoms with Crippen molar-refractivity contribution in [1.29, 1.82) is 0 Å². The quantitative estimate of drug-likeness (QED) is 0.359. The number of carbonyl (C=O) groups is 1. The van der Waals surface area contributed by atoms with Gasteiger partial charge in [-0.15, -0.1) is 0 Å². The lowest BCUT2D eigenvalue weighted by atomic mass is 10.1. The molecule has 1 aromatic heterocycles. The fourth-order valence-electron chi connectivity index (χ4n) is 4.54. The predicted octanol–water partition coefficient (Wildman–Crippen LogP) is 5.12. The van der Waals surface area contributed by atoms with Gasteiger partial charge in [-0.05, 0) is 83.2 Å². The Bertz CT molecular complexity index is 1360. The zero-order valence-corrected chi connectivity index (χ0v) is 24.0. The average molecular weight is 565 g/mol. The van der Waals surface area contributed by atoms with E-state index < -0.39 is 10.0 Å². The average Bonchev–Trinajstić information content (AvgIpc) is 3.33. The summed E-state index contributed by atoms with van der Waals surface area (Å²) < 4.78 is 34.2. The van der Waals surface area contributed by atoms with Gasteiger partial charge < -0.3 is 9.64 Å². The molecule has 2 heterocycles. The Balaban J connectivity index is 1.65. The van der Waals surface area contributed by atoms with Gasteiger partial charge in [-0.1, -0.05) is 29.4 Å². The van der Waals surface area contributed by atoms with Gasteiger partial charge in [0.25, 0.3) is 5.91 Å². The smallest absolute Gasteiger partial charge is 0.260 e. The number of carbonyl (C=O) groups excluding carboxylic acids is 1. The summed E-state index contributed by atoms with van der Waals surface area (Å²) in [6, 6.07) is 9.71. The van der Waals surface area contributed by atoms with Gasteiger partial charge in [-0.2, -0.15) is 4.31 Å². The number of benzene rings is 2. The molecule has 1 amide bonds. The van der Waals surface area contributed by atoms with Crippen LogP contribution >= 0.6 is 22.9 Å². The molecule has 2 aromatic carbocycles. The second kappa shape index (κ2) is 11.7. The fraction of sp³-hybridized carbons (Fsp3) is 0.462. The molecule has 1 aliphatic heterocycles. The molecule has 0 aliphatic carbocycles. The molecule has 0 spiro atoms. The first-order valence-corrected chi connectivity index (χ1v) is 15.0. The molecule has 1 unspecified atom stereocenters. The number of ether oxygens (including phenoxy) is 1. The van der Waals surface area contributed by atoms with Crippen molar-refractivity contribution in [3.05, 3.63) is 47.0 Å². The number of aromatic nitrogens is 1. The second-order valence-corrected chi connectivity index (χ2v) is 12.8. The van der Waals surface area contributed by atoms with Crippen molar-refractivity contribution >= 4 is 54.2 Å². The molecule has 1 atom stereocenters. The summed E-state index contributed by atoms with van der Waals surface area (Å²) in [4.78, 5) is 22.3. The van der Waals surface area contributed by atoms with Crippen LogP contribution in [0.1, 0.15) is 43.0 Å². The Morgan fingerprint density at radius 3 is 2.54 bits per heavy atom. The van der Waals surface area contributed by atoms with Gasteiger partial charge >= 0.3 is 0 Å². The van der Waals surface area contributed by atoms with Gasteiger partial charge in [-0.25, -0.2) is 13.4 Å². The van der Waals surface area contributed by atoms with Crippen molar-refractivity contribution in [3.8, 4) is 5.75 Å². The molecular weight excluding hydrogens is 532 g/mol. The molecule has 1 saturated heterocycles. The minimum Gasteiger partial charge on any atom is -0.494 e. The summed E-state index contributed by atoms with van der Waals surface area (Å²) in [6.07, 6.45) is 3.49. The van der Waals surface area contributed by atoms with E-state index in [0.717, 1.165) is 36.9 Å². The SMILES string of the molecule is COc1ccc(Cl)c2sc(N(CCCN(C)C)C(=O)c3ccc(S(=O)(=O)N4CCCCC4C)cc3)nc12. The Hall–Kier alpha value is -2.24. The zero-order valence-electron chi connectivity index (χ0n) is 21.6. The number of rotatable bonds is 9. The number of fused-ring (bicyclic) bond motifs is 1. The van der Waals surface area contributed by atoms with Crippen LogP contribution in [0.25, 0.3) is 10.2 Å². The van der Waals surface area contributed by atoms with Crippen molar-refractivity contribution in [2.45, 2.75) is 43.5 Å². The number of hydrogen-bond acceptors (Lipinski definition) is 7. The Morgan fingerprint density at radius 2 is 1.89 bits per heavy atom. The highest BCUT2D eigenvalue weighted by Crippen LogP contribution is 2.39. The predicted molar refractivity (Wildman–Crippen MR) is 150 cm³/mol. The van der Waals surface area contributed by atoms with Crippen LogP contribution in [-0.4, -0.2) is 75.4 Å². The molecule has 11 heteroatoms. The van der Waals surface area contributed by atoms with Crippen molar-refractivity contribution in [1.82, 2.24) is 14.2 Å². The van der Waals surface area contributed by atoms with Crippen LogP contribution in [0.15, 0.2) is 41.3 Å². The van der Waals surface area contributed by atoms with E-state index in [2.05, 4.69) is 4.90 Å². The number of thiazole rings is 1. The fourth-order valence-corrected chi connectivity index (χ4v) is 7.52. The number of methoxy groups -OCH3 is 1. The largest absolute Gasteiger partial charge is 0.494 e. The molecule has 0 bridgehead atoms. The third-order valence-electron chi connectivity index (χ3n) is 6.58. The summed E-state index contributed by atoms with van der Waals surface area (Å²) in [6.45, 7) is 3.71. The van der Waals surface area contributed by atoms with E-state index in [0.29, 0.717) is 40.1 Å². The van der Waals surface area contributed by atoms with Gasteiger partial charge in [-0.3, -0.25) is 9.69 Å². The summed E-state index contributed by atoms with van der Waals surface area (Å²) >= 11 is 7.76. The highest BCUT2D eigenvalue weighted by Gasteiger charge is 2.31. The van der Waals surface area contributed by atoms with E-state index in [4.69, 9.17) is 21.3 Å². The Kier molecular flexibility index (Phi) is 8.75. The number of amides is 1. The zero-order chi connectivity index (χ0) is 26.7. The van der Waals surface area contributed by atoms with Crippen molar-refractivity contribution in [2.24, 2.45) is 0 Å². The number of hydrogen-bond donors (Lipinski definition) is 0. The van der Waals surface area contributed by atoms with Crippen LogP contribution < -0.4 is 9.64 Å². The number of anilines is 1. The molecule has 0 saturated carbocycles. The van der Waals surface area contributed by atoms with E-state index >= 15 is 0 Å². The maximum Gasteiger partial charge on any atom is 0.260 e. The first kappa shape index (κ1) is 27.8. The molecule has 0 N–H and O–H groups in total. The number of piperidine rings is 1. The van der Waals surface area contributed by atoms with Gasteiger partial charge in [0, 0.05) is 24.7 Å². The van der Waals surface area contributed by atoms with Gasteiger partial charge in [0.05, 0.1) is 21.7 Å². The van der Waals surface area contributed by atoms with Crippen LogP contribution in [0.4, 0.5) is 5.13 Å². The third kappa shape index (κ3) is 5.93. The number of nitrogens with zero attached hydrogens (tertiary/aromatic N) is 4. The van der Waals surface area contributed by atoms with E-state index in [9.17, 15) is 13.2 Å². The van der Waals surface area contributed by atoms with Crippen molar-refractivity contribution < 1.29 is 17.9 Å². The molecule has 3 aromatic rings. The lowest BCUT2D eigenvalue weighted by Gasteiger charge is -2.32. The Labute approximate surface area is 227 Å². The summed E-state index contributed by atoms with van der Waals surface area (Å²) in [7, 11) is 1.92. The molecule has 1 fully saturated rings. The van der Waals surface area contributed by atoms with Crippen LogP contribution in [-0.2, 0) is 10.0 Å². The molecule has 4 rings (SSSR count).